The molecule has 0 saturated heterocycles. The minimum Gasteiger partial charge on any atom is -0.462 e. The number of unbranched alkanes of at least 4 members (excludes halogenated alkanes) is 31. The van der Waals surface area contributed by atoms with E-state index in [-0.39, 0.29) is 31.1 Å². The Labute approximate surface area is 361 Å². The molecule has 0 saturated carbocycles. The number of carbonyl (C=O) groups excluding carboxylic acids is 3. The molecule has 0 radical (unpaired) electrons. The summed E-state index contributed by atoms with van der Waals surface area (Å²) in [5.41, 5.74) is 0. The zero-order valence-electron chi connectivity index (χ0n) is 39.7. The maximum absolute atomic E-state index is 12.8. The van der Waals surface area contributed by atoms with E-state index in [1.54, 1.807) is 0 Å². The molecule has 0 aliphatic rings. The van der Waals surface area contributed by atoms with Gasteiger partial charge in [-0.2, -0.15) is 0 Å². The second kappa shape index (κ2) is 44.9. The van der Waals surface area contributed by atoms with Crippen LogP contribution in [0.15, 0.2) is 0 Å². The first-order chi connectivity index (χ1) is 28.2. The van der Waals surface area contributed by atoms with E-state index in [0.717, 1.165) is 69.6 Å². The molecule has 58 heavy (non-hydrogen) atoms. The summed E-state index contributed by atoms with van der Waals surface area (Å²) < 4.78 is 16.8. The van der Waals surface area contributed by atoms with Crippen LogP contribution in [0.4, 0.5) is 0 Å². The van der Waals surface area contributed by atoms with Gasteiger partial charge >= 0.3 is 17.9 Å². The lowest BCUT2D eigenvalue weighted by molar-refractivity contribution is -0.167. The van der Waals surface area contributed by atoms with Crippen LogP contribution in [-0.2, 0) is 28.6 Å². The standard InChI is InChI=1S/C52H100O6/c1-6-7-8-9-10-11-12-18-22-29-34-39-44-52(55)58-49(46-57-51(54)43-38-33-28-24-23-26-31-36-41-48(4)5)45-56-50(53)42-37-32-27-21-19-16-14-13-15-17-20-25-30-35-40-47(2)3/h47-49H,6-46H2,1-5H3/t49-/m1/s1. The van der Waals surface area contributed by atoms with E-state index in [9.17, 15) is 14.4 Å². The zero-order chi connectivity index (χ0) is 42.6. The van der Waals surface area contributed by atoms with Crippen LogP contribution in [0.3, 0.4) is 0 Å². The third-order valence-electron chi connectivity index (χ3n) is 11.7. The van der Waals surface area contributed by atoms with Crippen LogP contribution in [0.1, 0.15) is 285 Å². The fraction of sp³-hybridized carbons (Fsp3) is 0.942. The van der Waals surface area contributed by atoms with Gasteiger partial charge in [0.15, 0.2) is 6.10 Å². The highest BCUT2D eigenvalue weighted by atomic mass is 16.6. The lowest BCUT2D eigenvalue weighted by Crippen LogP contribution is -2.30. The first kappa shape index (κ1) is 56.4. The molecule has 0 aliphatic heterocycles. The molecule has 6 nitrogen and oxygen atoms in total. The number of ether oxygens (including phenoxy) is 3. The highest BCUT2D eigenvalue weighted by molar-refractivity contribution is 5.71. The molecule has 0 bridgehead atoms. The quantitative estimate of drug-likeness (QED) is 0.0346. The molecule has 0 aromatic carbocycles. The van der Waals surface area contributed by atoms with Gasteiger partial charge in [0.1, 0.15) is 13.2 Å². The Morgan fingerprint density at radius 1 is 0.328 bits per heavy atom. The van der Waals surface area contributed by atoms with Crippen LogP contribution < -0.4 is 0 Å². The number of rotatable bonds is 46. The highest BCUT2D eigenvalue weighted by Gasteiger charge is 2.19. The van der Waals surface area contributed by atoms with Crippen molar-refractivity contribution in [2.24, 2.45) is 11.8 Å². The topological polar surface area (TPSA) is 78.9 Å². The summed E-state index contributed by atoms with van der Waals surface area (Å²) in [7, 11) is 0. The summed E-state index contributed by atoms with van der Waals surface area (Å²) in [4.78, 5) is 37.9. The lowest BCUT2D eigenvalue weighted by Gasteiger charge is -2.18. The minimum atomic E-state index is -0.761. The maximum atomic E-state index is 12.8. The monoisotopic (exact) mass is 821 g/mol. The maximum Gasteiger partial charge on any atom is 0.306 e. The van der Waals surface area contributed by atoms with Crippen molar-refractivity contribution >= 4 is 17.9 Å². The average Bonchev–Trinajstić information content (AvgIpc) is 3.19. The Bertz CT molecular complexity index is 885. The normalized spacial score (nSPS) is 12.1. The van der Waals surface area contributed by atoms with Gasteiger partial charge in [-0.05, 0) is 31.1 Å². The van der Waals surface area contributed by atoms with E-state index in [1.807, 2.05) is 0 Å². The van der Waals surface area contributed by atoms with Crippen molar-refractivity contribution in [2.45, 2.75) is 291 Å². The Balaban J connectivity index is 4.28. The lowest BCUT2D eigenvalue weighted by atomic mass is 10.0. The Hall–Kier alpha value is -1.59. The minimum absolute atomic E-state index is 0.0639. The summed E-state index contributed by atoms with van der Waals surface area (Å²) in [6, 6.07) is 0. The molecular formula is C52H100O6. The van der Waals surface area contributed by atoms with Gasteiger partial charge in [-0.1, -0.05) is 247 Å². The van der Waals surface area contributed by atoms with Gasteiger partial charge in [0.2, 0.25) is 0 Å². The van der Waals surface area contributed by atoms with Gasteiger partial charge in [0.25, 0.3) is 0 Å². The van der Waals surface area contributed by atoms with E-state index in [0.29, 0.717) is 19.3 Å². The molecule has 0 N–H and O–H groups in total. The first-order valence-corrected chi connectivity index (χ1v) is 25.7. The third-order valence-corrected chi connectivity index (χ3v) is 11.7. The molecule has 0 unspecified atom stereocenters. The van der Waals surface area contributed by atoms with Crippen molar-refractivity contribution in [1.82, 2.24) is 0 Å². The van der Waals surface area contributed by atoms with Crippen molar-refractivity contribution in [1.29, 1.82) is 0 Å². The number of carbonyl (C=O) groups is 3. The van der Waals surface area contributed by atoms with Gasteiger partial charge in [-0.15, -0.1) is 0 Å². The molecule has 0 amide bonds. The molecular weight excluding hydrogens is 721 g/mol. The molecule has 0 fully saturated rings. The Morgan fingerprint density at radius 3 is 0.845 bits per heavy atom. The van der Waals surface area contributed by atoms with Crippen molar-refractivity contribution in [3.8, 4) is 0 Å². The van der Waals surface area contributed by atoms with Crippen LogP contribution in [-0.4, -0.2) is 37.2 Å². The van der Waals surface area contributed by atoms with E-state index in [4.69, 9.17) is 14.2 Å². The molecule has 0 aliphatic carbocycles. The predicted octanol–water partition coefficient (Wildman–Crippen LogP) is 16.5. The van der Waals surface area contributed by atoms with Crippen LogP contribution in [0.25, 0.3) is 0 Å². The van der Waals surface area contributed by atoms with Crippen molar-refractivity contribution in [2.75, 3.05) is 13.2 Å². The summed E-state index contributed by atoms with van der Waals surface area (Å²) >= 11 is 0. The molecule has 0 rings (SSSR count). The van der Waals surface area contributed by atoms with Gasteiger partial charge in [-0.3, -0.25) is 14.4 Å². The van der Waals surface area contributed by atoms with E-state index < -0.39 is 6.10 Å². The van der Waals surface area contributed by atoms with Crippen molar-refractivity contribution < 1.29 is 28.6 Å². The SMILES string of the molecule is CCCCCCCCCCCCCCC(=O)O[C@H](COC(=O)CCCCCCCCCCCCCCCCC(C)C)COC(=O)CCCCCCCCCCC(C)C. The summed E-state index contributed by atoms with van der Waals surface area (Å²) in [5.74, 6) is 0.791. The second-order valence-corrected chi connectivity index (χ2v) is 18.8. The first-order valence-electron chi connectivity index (χ1n) is 25.7. The number of hydrogen-bond donors (Lipinski definition) is 0. The predicted molar refractivity (Wildman–Crippen MR) is 247 cm³/mol. The molecule has 0 heterocycles. The van der Waals surface area contributed by atoms with E-state index in [1.165, 1.54) is 173 Å². The number of esters is 3. The average molecular weight is 821 g/mol. The van der Waals surface area contributed by atoms with Crippen molar-refractivity contribution in [3.63, 3.8) is 0 Å². The Morgan fingerprint density at radius 2 is 0.569 bits per heavy atom. The zero-order valence-corrected chi connectivity index (χ0v) is 39.7. The van der Waals surface area contributed by atoms with Gasteiger partial charge in [-0.25, -0.2) is 0 Å². The summed E-state index contributed by atoms with van der Waals surface area (Å²) in [6.07, 6.45) is 45.2. The van der Waals surface area contributed by atoms with Gasteiger partial charge in [0.05, 0.1) is 0 Å². The van der Waals surface area contributed by atoms with Gasteiger partial charge in [0, 0.05) is 19.3 Å². The Kier molecular flexibility index (Phi) is 43.7. The second-order valence-electron chi connectivity index (χ2n) is 18.8. The molecule has 6 heteroatoms. The largest absolute Gasteiger partial charge is 0.462 e. The molecule has 0 spiro atoms. The van der Waals surface area contributed by atoms with E-state index in [2.05, 4.69) is 34.6 Å². The molecule has 1 atom stereocenters. The molecule has 0 aromatic heterocycles. The molecule has 344 valence electrons. The van der Waals surface area contributed by atoms with Crippen molar-refractivity contribution in [3.05, 3.63) is 0 Å². The fourth-order valence-corrected chi connectivity index (χ4v) is 7.81. The van der Waals surface area contributed by atoms with Crippen LogP contribution >= 0.6 is 0 Å². The smallest absolute Gasteiger partial charge is 0.306 e. The summed E-state index contributed by atoms with van der Waals surface area (Å²) in [5, 5.41) is 0. The third kappa shape index (κ3) is 45.5. The highest BCUT2D eigenvalue weighted by Crippen LogP contribution is 2.17. The van der Waals surface area contributed by atoms with Crippen LogP contribution in [0.2, 0.25) is 0 Å². The van der Waals surface area contributed by atoms with Crippen LogP contribution in [0, 0.1) is 11.8 Å². The van der Waals surface area contributed by atoms with E-state index >= 15 is 0 Å². The van der Waals surface area contributed by atoms with Gasteiger partial charge < -0.3 is 14.2 Å². The molecule has 0 aromatic rings. The fourth-order valence-electron chi connectivity index (χ4n) is 7.81. The number of hydrogen-bond acceptors (Lipinski definition) is 6. The summed E-state index contributed by atoms with van der Waals surface area (Å²) in [6.45, 7) is 11.3. The van der Waals surface area contributed by atoms with Crippen LogP contribution in [0.5, 0.6) is 0 Å².